The molecule has 0 bridgehead atoms. The van der Waals surface area contributed by atoms with Crippen molar-refractivity contribution in [2.75, 3.05) is 0 Å². The highest BCUT2D eigenvalue weighted by atomic mass is 16.3. The molecule has 2 heteroatoms. The fourth-order valence-corrected chi connectivity index (χ4v) is 1.32. The van der Waals surface area contributed by atoms with Crippen molar-refractivity contribution in [1.29, 1.82) is 0 Å². The lowest BCUT2D eigenvalue weighted by molar-refractivity contribution is 0.193. The van der Waals surface area contributed by atoms with Crippen molar-refractivity contribution in [3.05, 3.63) is 35.4 Å². The first-order valence-electron chi connectivity index (χ1n) is 4.54. The Kier molecular flexibility index (Phi) is 3.46. The molecule has 1 rings (SSSR count). The van der Waals surface area contributed by atoms with Gasteiger partial charge in [0.05, 0.1) is 12.2 Å². The molecular weight excluding hydrogens is 164 g/mol. The maximum Gasteiger partial charge on any atom is 0.0762 e. The van der Waals surface area contributed by atoms with E-state index in [0.29, 0.717) is 6.42 Å². The van der Waals surface area contributed by atoms with Crippen LogP contribution < -0.4 is 0 Å². The number of aliphatic hydroxyl groups excluding tert-OH is 2. The van der Waals surface area contributed by atoms with Gasteiger partial charge in [-0.15, -0.1) is 0 Å². The van der Waals surface area contributed by atoms with E-state index >= 15 is 0 Å². The Bertz CT molecular complexity index is 267. The molecule has 2 N–H and O–H groups in total. The Morgan fingerprint density at radius 3 is 2.46 bits per heavy atom. The minimum Gasteiger partial charge on any atom is -0.393 e. The molecule has 0 saturated heterocycles. The van der Waals surface area contributed by atoms with Crippen LogP contribution in [0.2, 0.25) is 0 Å². The summed E-state index contributed by atoms with van der Waals surface area (Å²) < 4.78 is 0. The quantitative estimate of drug-likeness (QED) is 0.742. The Morgan fingerprint density at radius 2 is 1.92 bits per heavy atom. The van der Waals surface area contributed by atoms with E-state index in [9.17, 15) is 10.2 Å². The van der Waals surface area contributed by atoms with Crippen LogP contribution in [0.15, 0.2) is 24.3 Å². The molecule has 72 valence electrons. The lowest BCUT2D eigenvalue weighted by Crippen LogP contribution is -2.04. The third-order valence-electron chi connectivity index (χ3n) is 1.96. The third-order valence-corrected chi connectivity index (χ3v) is 1.96. The van der Waals surface area contributed by atoms with Crippen molar-refractivity contribution in [3.8, 4) is 0 Å². The van der Waals surface area contributed by atoms with Gasteiger partial charge < -0.3 is 10.2 Å². The first-order chi connectivity index (χ1) is 6.09. The summed E-state index contributed by atoms with van der Waals surface area (Å²) in [4.78, 5) is 0. The zero-order chi connectivity index (χ0) is 9.84. The van der Waals surface area contributed by atoms with Crippen molar-refractivity contribution >= 4 is 0 Å². The monoisotopic (exact) mass is 180 g/mol. The number of benzene rings is 1. The van der Waals surface area contributed by atoms with Gasteiger partial charge in [0.1, 0.15) is 0 Å². The van der Waals surface area contributed by atoms with Crippen molar-refractivity contribution in [1.82, 2.24) is 0 Å². The van der Waals surface area contributed by atoms with Gasteiger partial charge in [-0.25, -0.2) is 0 Å². The van der Waals surface area contributed by atoms with Gasteiger partial charge in [-0.1, -0.05) is 24.3 Å². The van der Waals surface area contributed by atoms with Crippen LogP contribution in [-0.4, -0.2) is 16.3 Å². The standard InChI is InChI=1S/C11H16O2/c1-8(12)6-10-4-3-5-11(7-10)9(2)13/h3-5,7-9,12-13H,6H2,1-2H3. The summed E-state index contributed by atoms with van der Waals surface area (Å²) in [6, 6.07) is 7.67. The van der Waals surface area contributed by atoms with Crippen LogP contribution >= 0.6 is 0 Å². The number of rotatable bonds is 3. The summed E-state index contributed by atoms with van der Waals surface area (Å²) in [5.41, 5.74) is 1.96. The van der Waals surface area contributed by atoms with Gasteiger partial charge in [0.25, 0.3) is 0 Å². The highest BCUT2D eigenvalue weighted by molar-refractivity contribution is 5.25. The molecule has 0 amide bonds. The molecule has 13 heavy (non-hydrogen) atoms. The van der Waals surface area contributed by atoms with E-state index in [0.717, 1.165) is 11.1 Å². The van der Waals surface area contributed by atoms with Gasteiger partial charge in [0, 0.05) is 0 Å². The Labute approximate surface area is 78.8 Å². The van der Waals surface area contributed by atoms with E-state index in [-0.39, 0.29) is 6.10 Å². The smallest absolute Gasteiger partial charge is 0.0762 e. The topological polar surface area (TPSA) is 40.5 Å². The maximum atomic E-state index is 9.32. The molecule has 1 aromatic carbocycles. The summed E-state index contributed by atoms with van der Waals surface area (Å²) in [6.45, 7) is 3.50. The molecular formula is C11H16O2. The average molecular weight is 180 g/mol. The van der Waals surface area contributed by atoms with Crippen LogP contribution in [0.1, 0.15) is 31.1 Å². The molecule has 2 unspecified atom stereocenters. The molecule has 2 nitrogen and oxygen atoms in total. The van der Waals surface area contributed by atoms with Crippen molar-refractivity contribution in [2.24, 2.45) is 0 Å². The first-order valence-corrected chi connectivity index (χ1v) is 4.54. The van der Waals surface area contributed by atoms with Crippen molar-refractivity contribution < 1.29 is 10.2 Å². The zero-order valence-electron chi connectivity index (χ0n) is 8.07. The second kappa shape index (κ2) is 4.40. The van der Waals surface area contributed by atoms with Crippen LogP contribution in [-0.2, 0) is 6.42 Å². The second-order valence-corrected chi connectivity index (χ2v) is 3.47. The number of aliphatic hydroxyl groups is 2. The van der Waals surface area contributed by atoms with Gasteiger partial charge in [-0.05, 0) is 31.4 Å². The lowest BCUT2D eigenvalue weighted by atomic mass is 10.0. The van der Waals surface area contributed by atoms with Crippen LogP contribution in [0, 0.1) is 0 Å². The fourth-order valence-electron chi connectivity index (χ4n) is 1.32. The van der Waals surface area contributed by atoms with Crippen LogP contribution in [0.4, 0.5) is 0 Å². The van der Waals surface area contributed by atoms with E-state index in [1.54, 1.807) is 13.8 Å². The Balaban J connectivity index is 2.79. The molecule has 0 radical (unpaired) electrons. The fraction of sp³-hybridized carbons (Fsp3) is 0.455. The van der Waals surface area contributed by atoms with E-state index in [1.807, 2.05) is 24.3 Å². The van der Waals surface area contributed by atoms with Crippen molar-refractivity contribution in [2.45, 2.75) is 32.5 Å². The number of hydrogen-bond donors (Lipinski definition) is 2. The minimum absolute atomic E-state index is 0.329. The zero-order valence-corrected chi connectivity index (χ0v) is 8.07. The van der Waals surface area contributed by atoms with Crippen LogP contribution in [0.25, 0.3) is 0 Å². The molecule has 2 atom stereocenters. The van der Waals surface area contributed by atoms with E-state index in [4.69, 9.17) is 0 Å². The maximum absolute atomic E-state index is 9.32. The molecule has 0 aliphatic heterocycles. The summed E-state index contributed by atoms with van der Waals surface area (Å²) in [5.74, 6) is 0. The van der Waals surface area contributed by atoms with Gasteiger partial charge >= 0.3 is 0 Å². The van der Waals surface area contributed by atoms with Gasteiger partial charge in [0.2, 0.25) is 0 Å². The normalized spacial score (nSPS) is 15.4. The molecule has 0 aliphatic rings. The summed E-state index contributed by atoms with van der Waals surface area (Å²) in [5, 5.41) is 18.5. The van der Waals surface area contributed by atoms with Gasteiger partial charge in [0.15, 0.2) is 0 Å². The Hall–Kier alpha value is -0.860. The minimum atomic E-state index is -0.436. The van der Waals surface area contributed by atoms with Gasteiger partial charge in [-0.2, -0.15) is 0 Å². The number of hydrogen-bond acceptors (Lipinski definition) is 2. The SMILES string of the molecule is CC(O)Cc1cccc(C(C)O)c1. The average Bonchev–Trinajstić information content (AvgIpc) is 2.03. The molecule has 0 saturated carbocycles. The second-order valence-electron chi connectivity index (χ2n) is 3.47. The molecule has 1 aromatic rings. The predicted molar refractivity (Wildman–Crippen MR) is 52.5 cm³/mol. The van der Waals surface area contributed by atoms with Crippen LogP contribution in [0.5, 0.6) is 0 Å². The first kappa shape index (κ1) is 10.2. The highest BCUT2D eigenvalue weighted by Gasteiger charge is 2.03. The molecule has 0 spiro atoms. The molecule has 0 aliphatic carbocycles. The lowest BCUT2D eigenvalue weighted by Gasteiger charge is -2.08. The van der Waals surface area contributed by atoms with E-state index in [1.165, 1.54) is 0 Å². The van der Waals surface area contributed by atoms with E-state index < -0.39 is 6.10 Å². The van der Waals surface area contributed by atoms with Crippen LogP contribution in [0.3, 0.4) is 0 Å². The van der Waals surface area contributed by atoms with Gasteiger partial charge in [-0.3, -0.25) is 0 Å². The largest absolute Gasteiger partial charge is 0.393 e. The third kappa shape index (κ3) is 3.17. The Morgan fingerprint density at radius 1 is 1.23 bits per heavy atom. The molecule has 0 aromatic heterocycles. The van der Waals surface area contributed by atoms with E-state index in [2.05, 4.69) is 0 Å². The molecule has 0 fully saturated rings. The highest BCUT2D eigenvalue weighted by Crippen LogP contribution is 2.14. The summed E-state index contributed by atoms with van der Waals surface area (Å²) >= 11 is 0. The summed E-state index contributed by atoms with van der Waals surface area (Å²) in [6.07, 6.45) is -0.126. The summed E-state index contributed by atoms with van der Waals surface area (Å²) in [7, 11) is 0. The predicted octanol–water partition coefficient (Wildman–Crippen LogP) is 1.66. The van der Waals surface area contributed by atoms with Crippen molar-refractivity contribution in [3.63, 3.8) is 0 Å². The molecule has 0 heterocycles.